The third-order valence-electron chi connectivity index (χ3n) is 2.42. The minimum atomic E-state index is 0.912. The van der Waals surface area contributed by atoms with E-state index in [-0.39, 0.29) is 0 Å². The first-order valence-electron chi connectivity index (χ1n) is 6.06. The molecule has 1 heterocycles. The summed E-state index contributed by atoms with van der Waals surface area (Å²) in [5, 5.41) is 12.7. The molecule has 5 heteroatoms. The molecule has 0 saturated carbocycles. The summed E-state index contributed by atoms with van der Waals surface area (Å²) in [6.07, 6.45) is 1.16. The average Bonchev–Trinajstić information content (AvgIpc) is 2.77. The highest BCUT2D eigenvalue weighted by Gasteiger charge is 2.07. The van der Waals surface area contributed by atoms with Gasteiger partial charge in [-0.1, -0.05) is 48.2 Å². The summed E-state index contributed by atoms with van der Waals surface area (Å²) in [7, 11) is 0. The van der Waals surface area contributed by atoms with Crippen molar-refractivity contribution in [3.05, 3.63) is 34.8 Å². The van der Waals surface area contributed by atoms with E-state index in [1.165, 1.54) is 10.5 Å². The van der Waals surface area contributed by atoms with Gasteiger partial charge in [0.05, 0.1) is 0 Å². The molecule has 0 radical (unpaired) electrons. The molecule has 0 unspecified atom stereocenters. The normalized spacial score (nSPS) is 10.8. The molecule has 2 aromatic rings. The van der Waals surface area contributed by atoms with Gasteiger partial charge in [0, 0.05) is 11.4 Å². The zero-order valence-corrected chi connectivity index (χ0v) is 12.3. The van der Waals surface area contributed by atoms with Crippen LogP contribution in [0.4, 0.5) is 0 Å². The Morgan fingerprint density at radius 3 is 2.83 bits per heavy atom. The first-order valence-corrected chi connectivity index (χ1v) is 7.69. The quantitative estimate of drug-likeness (QED) is 0.821. The highest BCUT2D eigenvalue weighted by Crippen LogP contribution is 2.32. The van der Waals surface area contributed by atoms with Gasteiger partial charge in [-0.2, -0.15) is 0 Å². The maximum absolute atomic E-state index is 4.16. The lowest BCUT2D eigenvalue weighted by Gasteiger charge is -2.08. The number of hydrogen-bond donors (Lipinski definition) is 1. The first-order chi connectivity index (χ1) is 8.79. The van der Waals surface area contributed by atoms with Crippen molar-refractivity contribution in [2.75, 3.05) is 6.54 Å². The van der Waals surface area contributed by atoms with Gasteiger partial charge in [0.1, 0.15) is 5.01 Å². The standard InChI is InChI=1S/C13H17N3S2/c1-3-8-14-9-11-6-4-5-7-12(11)18-13-16-15-10(2)17-13/h4-7,14H,3,8-9H2,1-2H3. The van der Waals surface area contributed by atoms with E-state index in [0.717, 1.165) is 28.9 Å². The lowest BCUT2D eigenvalue weighted by atomic mass is 10.2. The van der Waals surface area contributed by atoms with E-state index in [1.807, 2.05) is 6.92 Å². The topological polar surface area (TPSA) is 37.8 Å². The molecule has 0 aliphatic carbocycles. The molecular formula is C13H17N3S2. The molecule has 0 atom stereocenters. The van der Waals surface area contributed by atoms with Crippen molar-refractivity contribution < 1.29 is 0 Å². The van der Waals surface area contributed by atoms with Crippen molar-refractivity contribution in [3.63, 3.8) is 0 Å². The Bertz CT molecular complexity index is 496. The number of nitrogens with one attached hydrogen (secondary N) is 1. The molecule has 0 saturated heterocycles. The van der Waals surface area contributed by atoms with Gasteiger partial charge in [0.15, 0.2) is 4.34 Å². The van der Waals surface area contributed by atoms with E-state index in [4.69, 9.17) is 0 Å². The molecule has 2 rings (SSSR count). The summed E-state index contributed by atoms with van der Waals surface area (Å²) in [5.41, 5.74) is 1.32. The van der Waals surface area contributed by atoms with Crippen molar-refractivity contribution in [1.82, 2.24) is 15.5 Å². The van der Waals surface area contributed by atoms with Crippen molar-refractivity contribution in [1.29, 1.82) is 0 Å². The number of rotatable bonds is 6. The molecule has 3 nitrogen and oxygen atoms in total. The lowest BCUT2D eigenvalue weighted by molar-refractivity contribution is 0.669. The molecule has 96 valence electrons. The molecular weight excluding hydrogens is 262 g/mol. The Balaban J connectivity index is 2.07. The summed E-state index contributed by atoms with van der Waals surface area (Å²) in [5.74, 6) is 0. The van der Waals surface area contributed by atoms with Crippen LogP contribution in [0.1, 0.15) is 23.9 Å². The van der Waals surface area contributed by atoms with Crippen LogP contribution in [0.3, 0.4) is 0 Å². The van der Waals surface area contributed by atoms with Crippen LogP contribution in [0.25, 0.3) is 0 Å². The Hall–Kier alpha value is -0.910. The molecule has 0 spiro atoms. The number of aryl methyl sites for hydroxylation is 1. The Morgan fingerprint density at radius 1 is 1.28 bits per heavy atom. The van der Waals surface area contributed by atoms with Gasteiger partial charge in [-0.3, -0.25) is 0 Å². The molecule has 0 amide bonds. The van der Waals surface area contributed by atoms with Crippen LogP contribution in [0.5, 0.6) is 0 Å². The fraction of sp³-hybridized carbons (Fsp3) is 0.385. The van der Waals surface area contributed by atoms with Gasteiger partial charge >= 0.3 is 0 Å². The van der Waals surface area contributed by atoms with Gasteiger partial charge in [0.2, 0.25) is 0 Å². The van der Waals surface area contributed by atoms with E-state index in [0.29, 0.717) is 0 Å². The second-order valence-corrected chi connectivity index (χ2v) is 6.44. The molecule has 18 heavy (non-hydrogen) atoms. The maximum Gasteiger partial charge on any atom is 0.179 e. The van der Waals surface area contributed by atoms with Crippen LogP contribution in [0.15, 0.2) is 33.5 Å². The van der Waals surface area contributed by atoms with Crippen molar-refractivity contribution >= 4 is 23.1 Å². The number of benzene rings is 1. The van der Waals surface area contributed by atoms with E-state index in [9.17, 15) is 0 Å². The smallest absolute Gasteiger partial charge is 0.179 e. The average molecular weight is 279 g/mol. The van der Waals surface area contributed by atoms with Crippen LogP contribution in [-0.2, 0) is 6.54 Å². The second-order valence-electron chi connectivity index (χ2n) is 3.97. The number of aromatic nitrogens is 2. The number of hydrogen-bond acceptors (Lipinski definition) is 5. The highest BCUT2D eigenvalue weighted by atomic mass is 32.2. The molecule has 1 aromatic heterocycles. The summed E-state index contributed by atoms with van der Waals surface area (Å²) >= 11 is 3.34. The Morgan fingerprint density at radius 2 is 2.11 bits per heavy atom. The SMILES string of the molecule is CCCNCc1ccccc1Sc1nnc(C)s1. The fourth-order valence-corrected chi connectivity index (χ4v) is 3.46. The van der Waals surface area contributed by atoms with Crippen LogP contribution in [0, 0.1) is 6.92 Å². The minimum absolute atomic E-state index is 0.912. The number of nitrogens with zero attached hydrogens (tertiary/aromatic N) is 2. The molecule has 0 bridgehead atoms. The van der Waals surface area contributed by atoms with Gasteiger partial charge < -0.3 is 5.32 Å². The van der Waals surface area contributed by atoms with Crippen LogP contribution in [-0.4, -0.2) is 16.7 Å². The van der Waals surface area contributed by atoms with Crippen LogP contribution >= 0.6 is 23.1 Å². The van der Waals surface area contributed by atoms with Gasteiger partial charge in [-0.15, -0.1) is 10.2 Å². The van der Waals surface area contributed by atoms with Crippen molar-refractivity contribution in [3.8, 4) is 0 Å². The van der Waals surface area contributed by atoms with Crippen molar-refractivity contribution in [2.45, 2.75) is 36.0 Å². The first kappa shape index (κ1) is 13.5. The van der Waals surface area contributed by atoms with E-state index >= 15 is 0 Å². The molecule has 1 N–H and O–H groups in total. The maximum atomic E-state index is 4.16. The van der Waals surface area contributed by atoms with Crippen molar-refractivity contribution in [2.24, 2.45) is 0 Å². The highest BCUT2D eigenvalue weighted by molar-refractivity contribution is 8.01. The summed E-state index contributed by atoms with van der Waals surface area (Å²) in [6, 6.07) is 8.46. The third kappa shape index (κ3) is 3.80. The fourth-order valence-electron chi connectivity index (χ4n) is 1.56. The zero-order chi connectivity index (χ0) is 12.8. The summed E-state index contributed by atoms with van der Waals surface area (Å²) in [6.45, 7) is 6.12. The van der Waals surface area contributed by atoms with Gasteiger partial charge in [-0.25, -0.2) is 0 Å². The predicted molar refractivity (Wildman–Crippen MR) is 77.2 cm³/mol. The van der Waals surface area contributed by atoms with E-state index < -0.39 is 0 Å². The van der Waals surface area contributed by atoms with E-state index in [2.05, 4.69) is 46.7 Å². The van der Waals surface area contributed by atoms with Gasteiger partial charge in [0.25, 0.3) is 0 Å². The predicted octanol–water partition coefficient (Wildman–Crippen LogP) is 3.50. The Kier molecular flexibility index (Phi) is 5.16. The Labute approximate surface area is 116 Å². The molecule has 0 fully saturated rings. The molecule has 1 aromatic carbocycles. The second kappa shape index (κ2) is 6.87. The van der Waals surface area contributed by atoms with Gasteiger partial charge in [-0.05, 0) is 31.5 Å². The summed E-state index contributed by atoms with van der Waals surface area (Å²) < 4.78 is 1.01. The zero-order valence-electron chi connectivity index (χ0n) is 10.6. The minimum Gasteiger partial charge on any atom is -0.313 e. The van der Waals surface area contributed by atoms with Crippen LogP contribution < -0.4 is 5.32 Å². The largest absolute Gasteiger partial charge is 0.313 e. The van der Waals surface area contributed by atoms with E-state index in [1.54, 1.807) is 23.1 Å². The summed E-state index contributed by atoms with van der Waals surface area (Å²) in [4.78, 5) is 1.26. The molecule has 0 aliphatic rings. The van der Waals surface area contributed by atoms with Crippen LogP contribution in [0.2, 0.25) is 0 Å². The monoisotopic (exact) mass is 279 g/mol. The third-order valence-corrected chi connectivity index (χ3v) is 4.43. The molecule has 0 aliphatic heterocycles. The lowest BCUT2D eigenvalue weighted by Crippen LogP contribution is -2.14.